The number of hydrogen-bond donors (Lipinski definition) is 1. The number of nitrogen functional groups attached to an aromatic ring is 1. The molecule has 5 aromatic rings. The number of aromatic nitrogens is 4. The van der Waals surface area contributed by atoms with E-state index >= 15 is 0 Å². The first kappa shape index (κ1) is 15.9. The van der Waals surface area contributed by atoms with E-state index in [1.54, 1.807) is 12.3 Å². The molecule has 0 atom stereocenters. The molecule has 0 spiro atoms. The minimum absolute atomic E-state index is 0.179. The monoisotopic (exact) mass is 360 g/mol. The normalized spacial score (nSPS) is 12.1. The van der Waals surface area contributed by atoms with Crippen LogP contribution in [-0.4, -0.2) is 38.3 Å². The number of pyridine rings is 1. The third kappa shape index (κ3) is 2.39. The lowest BCUT2D eigenvalue weighted by Crippen LogP contribution is -2.10. The second-order valence-corrected chi connectivity index (χ2v) is 6.99. The van der Waals surface area contributed by atoms with Crippen LogP contribution in [0.25, 0.3) is 38.4 Å². The van der Waals surface area contributed by atoms with Crippen molar-refractivity contribution in [1.82, 2.24) is 24.3 Å². The fourth-order valence-corrected chi connectivity index (χ4v) is 3.68. The van der Waals surface area contributed by atoms with Crippen LogP contribution in [0.15, 0.2) is 42.7 Å². The number of imidazole rings is 1. The summed E-state index contributed by atoms with van der Waals surface area (Å²) in [5.74, 6) is -0.129. The summed E-state index contributed by atoms with van der Waals surface area (Å²) in [6.07, 6.45) is 3.65. The number of benzene rings is 2. The molecule has 0 aliphatic carbocycles. The van der Waals surface area contributed by atoms with Gasteiger partial charge in [-0.2, -0.15) is 0 Å². The van der Waals surface area contributed by atoms with Crippen LogP contribution in [-0.2, 0) is 6.54 Å². The van der Waals surface area contributed by atoms with Gasteiger partial charge in [0.25, 0.3) is 0 Å². The number of halogens is 1. The molecule has 134 valence electrons. The van der Waals surface area contributed by atoms with Gasteiger partial charge in [-0.3, -0.25) is 4.40 Å². The van der Waals surface area contributed by atoms with E-state index in [4.69, 9.17) is 10.7 Å². The largest absolute Gasteiger partial charge is 0.368 e. The highest BCUT2D eigenvalue weighted by Crippen LogP contribution is 2.34. The maximum atomic E-state index is 13.9. The van der Waals surface area contributed by atoms with Gasteiger partial charge in [0.15, 0.2) is 0 Å². The van der Waals surface area contributed by atoms with Crippen LogP contribution < -0.4 is 5.73 Å². The zero-order valence-corrected chi connectivity index (χ0v) is 14.9. The van der Waals surface area contributed by atoms with Gasteiger partial charge in [0, 0.05) is 29.7 Å². The number of fused-ring (bicyclic) bond motifs is 8. The molecule has 0 aliphatic rings. The Bertz CT molecular complexity index is 1360. The summed E-state index contributed by atoms with van der Waals surface area (Å²) in [5, 5.41) is 2.35. The highest BCUT2D eigenvalue weighted by molar-refractivity contribution is 6.22. The SMILES string of the molecule is CN(C)Cc1ccn2c(c1)nc1c3ccc(F)cc3c3cnc(N)nc3c12. The molecule has 6 nitrogen and oxygen atoms in total. The van der Waals surface area contributed by atoms with E-state index < -0.39 is 0 Å². The summed E-state index contributed by atoms with van der Waals surface area (Å²) in [5.41, 5.74) is 10.1. The van der Waals surface area contributed by atoms with E-state index in [0.717, 1.165) is 44.9 Å². The molecule has 0 bridgehead atoms. The van der Waals surface area contributed by atoms with Crippen molar-refractivity contribution in [2.45, 2.75) is 6.54 Å². The number of anilines is 1. The molecule has 3 aromatic heterocycles. The third-order valence-electron chi connectivity index (χ3n) is 4.75. The second kappa shape index (κ2) is 5.59. The van der Waals surface area contributed by atoms with Crippen molar-refractivity contribution in [3.8, 4) is 0 Å². The maximum absolute atomic E-state index is 13.9. The lowest BCUT2D eigenvalue weighted by atomic mass is 10.0. The Labute approximate surface area is 154 Å². The molecule has 0 amide bonds. The summed E-state index contributed by atoms with van der Waals surface area (Å²) in [7, 11) is 4.06. The zero-order valence-electron chi connectivity index (χ0n) is 14.9. The van der Waals surface area contributed by atoms with Crippen molar-refractivity contribution in [2.75, 3.05) is 19.8 Å². The van der Waals surface area contributed by atoms with Crippen molar-refractivity contribution in [3.63, 3.8) is 0 Å². The number of nitrogens with zero attached hydrogens (tertiary/aromatic N) is 5. The predicted molar refractivity (Wildman–Crippen MR) is 105 cm³/mol. The van der Waals surface area contributed by atoms with Gasteiger partial charge < -0.3 is 10.6 Å². The minimum atomic E-state index is -0.308. The first-order valence-electron chi connectivity index (χ1n) is 8.60. The molecule has 0 saturated heterocycles. The summed E-state index contributed by atoms with van der Waals surface area (Å²) >= 11 is 0. The number of rotatable bonds is 2. The van der Waals surface area contributed by atoms with Crippen LogP contribution in [0.3, 0.4) is 0 Å². The summed E-state index contributed by atoms with van der Waals surface area (Å²) in [4.78, 5) is 15.5. The number of hydrogen-bond acceptors (Lipinski definition) is 5. The van der Waals surface area contributed by atoms with Gasteiger partial charge in [-0.15, -0.1) is 0 Å². The fraction of sp³-hybridized carbons (Fsp3) is 0.150. The Morgan fingerprint density at radius 1 is 1.04 bits per heavy atom. The lowest BCUT2D eigenvalue weighted by molar-refractivity contribution is 0.402. The molecule has 27 heavy (non-hydrogen) atoms. The van der Waals surface area contributed by atoms with Gasteiger partial charge in [0.05, 0.1) is 5.52 Å². The standard InChI is InChI=1S/C20H17FN6/c1-26(2)10-11-5-6-27-16(7-11)24-17-13-4-3-12(21)8-14(13)15-9-23-20(22)25-18(15)19(17)27/h3-9H,10H2,1-2H3,(H2,22,23,25). The Kier molecular flexibility index (Phi) is 3.29. The molecule has 2 N–H and O–H groups in total. The lowest BCUT2D eigenvalue weighted by Gasteiger charge is -2.10. The van der Waals surface area contributed by atoms with Crippen LogP contribution >= 0.6 is 0 Å². The molecular weight excluding hydrogens is 343 g/mol. The number of nitrogens with two attached hydrogens (primary N) is 1. The van der Waals surface area contributed by atoms with Crippen LogP contribution in [0.5, 0.6) is 0 Å². The highest BCUT2D eigenvalue weighted by Gasteiger charge is 2.17. The van der Waals surface area contributed by atoms with Crippen LogP contribution in [0, 0.1) is 5.82 Å². The van der Waals surface area contributed by atoms with Gasteiger partial charge >= 0.3 is 0 Å². The molecule has 0 aliphatic heterocycles. The Hall–Kier alpha value is -3.32. The molecule has 0 saturated carbocycles. The molecule has 7 heteroatoms. The van der Waals surface area contributed by atoms with Crippen molar-refractivity contribution >= 4 is 44.3 Å². The van der Waals surface area contributed by atoms with E-state index in [2.05, 4.69) is 27.0 Å². The quantitative estimate of drug-likeness (QED) is 0.489. The first-order chi connectivity index (χ1) is 13.0. The van der Waals surface area contributed by atoms with Gasteiger partial charge in [-0.1, -0.05) is 0 Å². The Morgan fingerprint density at radius 2 is 1.85 bits per heavy atom. The summed E-state index contributed by atoms with van der Waals surface area (Å²) in [6, 6.07) is 8.84. The predicted octanol–water partition coefficient (Wildman–Crippen LogP) is 3.37. The minimum Gasteiger partial charge on any atom is -0.368 e. The average Bonchev–Trinajstić information content (AvgIpc) is 2.99. The fourth-order valence-electron chi connectivity index (χ4n) is 3.68. The molecule has 2 aromatic carbocycles. The van der Waals surface area contributed by atoms with Gasteiger partial charge in [-0.05, 0) is 55.4 Å². The van der Waals surface area contributed by atoms with Gasteiger partial charge in [-0.25, -0.2) is 19.3 Å². The van der Waals surface area contributed by atoms with E-state index in [1.807, 2.05) is 24.7 Å². The van der Waals surface area contributed by atoms with Crippen molar-refractivity contribution in [2.24, 2.45) is 0 Å². The molecule has 0 radical (unpaired) electrons. The second-order valence-electron chi connectivity index (χ2n) is 6.99. The van der Waals surface area contributed by atoms with E-state index in [1.165, 1.54) is 12.1 Å². The van der Waals surface area contributed by atoms with E-state index in [0.29, 0.717) is 5.52 Å². The van der Waals surface area contributed by atoms with Crippen molar-refractivity contribution < 1.29 is 4.39 Å². The third-order valence-corrected chi connectivity index (χ3v) is 4.75. The topological polar surface area (TPSA) is 72.3 Å². The first-order valence-corrected chi connectivity index (χ1v) is 8.60. The van der Waals surface area contributed by atoms with Crippen molar-refractivity contribution in [3.05, 3.63) is 54.1 Å². The van der Waals surface area contributed by atoms with E-state index in [9.17, 15) is 4.39 Å². The molecule has 5 rings (SSSR count). The van der Waals surface area contributed by atoms with Crippen LogP contribution in [0.1, 0.15) is 5.56 Å². The Morgan fingerprint density at radius 3 is 2.67 bits per heavy atom. The highest BCUT2D eigenvalue weighted by atomic mass is 19.1. The zero-order chi connectivity index (χ0) is 18.7. The van der Waals surface area contributed by atoms with E-state index in [-0.39, 0.29) is 11.8 Å². The molecule has 3 heterocycles. The maximum Gasteiger partial charge on any atom is 0.220 e. The molecule has 0 fully saturated rings. The van der Waals surface area contributed by atoms with Gasteiger partial charge in [0.1, 0.15) is 22.5 Å². The smallest absolute Gasteiger partial charge is 0.220 e. The van der Waals surface area contributed by atoms with Crippen LogP contribution in [0.4, 0.5) is 10.3 Å². The Balaban J connectivity index is 1.98. The molecular formula is C20H17FN6. The summed E-state index contributed by atoms with van der Waals surface area (Å²) < 4.78 is 15.9. The van der Waals surface area contributed by atoms with Gasteiger partial charge in [0.2, 0.25) is 5.95 Å². The van der Waals surface area contributed by atoms with Crippen LogP contribution in [0.2, 0.25) is 0 Å². The average molecular weight is 360 g/mol. The molecule has 0 unspecified atom stereocenters. The summed E-state index contributed by atoms with van der Waals surface area (Å²) in [6.45, 7) is 0.821. The van der Waals surface area contributed by atoms with Crippen molar-refractivity contribution in [1.29, 1.82) is 0 Å².